The normalized spacial score (nSPS) is 11.1. The lowest BCUT2D eigenvalue weighted by Crippen LogP contribution is -2.18. The largest absolute Gasteiger partial charge is 0.452 e. The van der Waals surface area contributed by atoms with Crippen molar-refractivity contribution in [3.8, 4) is 0 Å². The average molecular weight is 261 g/mol. The van der Waals surface area contributed by atoms with Crippen LogP contribution >= 0.6 is 23.2 Å². The molecule has 1 amide bonds. The first-order valence-corrected chi connectivity index (χ1v) is 5.14. The molecule has 0 spiro atoms. The van der Waals surface area contributed by atoms with Gasteiger partial charge in [0, 0.05) is 15.6 Å². The molecule has 1 aromatic rings. The van der Waals surface area contributed by atoms with Crippen molar-refractivity contribution in [2.45, 2.75) is 6.92 Å². The summed E-state index contributed by atoms with van der Waals surface area (Å²) < 4.78 is 4.37. The van der Waals surface area contributed by atoms with Crippen LogP contribution in [0.15, 0.2) is 23.3 Å². The number of hydrogen-bond donors (Lipinski definition) is 1. The summed E-state index contributed by atoms with van der Waals surface area (Å²) in [6.07, 6.45) is -0.641. The van der Waals surface area contributed by atoms with Gasteiger partial charge in [0.25, 0.3) is 0 Å². The highest BCUT2D eigenvalue weighted by atomic mass is 35.5. The minimum atomic E-state index is -0.641. The van der Waals surface area contributed by atoms with E-state index in [4.69, 9.17) is 23.2 Å². The second-order valence-electron chi connectivity index (χ2n) is 2.92. The molecule has 0 atom stereocenters. The van der Waals surface area contributed by atoms with Gasteiger partial charge in [0.1, 0.15) is 0 Å². The van der Waals surface area contributed by atoms with E-state index in [9.17, 15) is 4.79 Å². The quantitative estimate of drug-likeness (QED) is 0.657. The van der Waals surface area contributed by atoms with Crippen molar-refractivity contribution in [3.05, 3.63) is 33.8 Å². The number of ether oxygens (including phenoxy) is 1. The van der Waals surface area contributed by atoms with Crippen LogP contribution in [0.2, 0.25) is 10.0 Å². The van der Waals surface area contributed by atoms with E-state index in [1.807, 2.05) is 0 Å². The molecule has 16 heavy (non-hydrogen) atoms. The van der Waals surface area contributed by atoms with Crippen LogP contribution in [0, 0.1) is 0 Å². The second kappa shape index (κ2) is 5.72. The van der Waals surface area contributed by atoms with Crippen molar-refractivity contribution in [1.29, 1.82) is 0 Å². The van der Waals surface area contributed by atoms with Crippen LogP contribution in [-0.4, -0.2) is 18.9 Å². The Hall–Kier alpha value is -1.26. The molecule has 0 aromatic heterocycles. The molecule has 0 saturated heterocycles. The van der Waals surface area contributed by atoms with Crippen molar-refractivity contribution >= 4 is 35.0 Å². The van der Waals surface area contributed by atoms with Gasteiger partial charge in [-0.05, 0) is 25.1 Å². The fourth-order valence-corrected chi connectivity index (χ4v) is 1.44. The number of amides is 1. The summed E-state index contributed by atoms with van der Waals surface area (Å²) in [5.41, 5.74) is 3.40. The minimum absolute atomic E-state index is 0.511. The second-order valence-corrected chi connectivity index (χ2v) is 3.77. The molecule has 0 saturated carbocycles. The van der Waals surface area contributed by atoms with E-state index >= 15 is 0 Å². The van der Waals surface area contributed by atoms with Crippen LogP contribution in [-0.2, 0) is 4.74 Å². The summed E-state index contributed by atoms with van der Waals surface area (Å²) in [4.78, 5) is 10.8. The van der Waals surface area contributed by atoms with Gasteiger partial charge in [-0.1, -0.05) is 23.2 Å². The standard InChI is InChI=1S/C10H10Cl2N2O2/c1-6(13-14-10(15)16-2)8-5-7(11)3-4-9(8)12/h3-5H,1-2H3,(H,14,15). The van der Waals surface area contributed by atoms with Gasteiger partial charge in [0.05, 0.1) is 12.8 Å². The first-order valence-electron chi connectivity index (χ1n) is 4.38. The minimum Gasteiger partial charge on any atom is -0.452 e. The number of rotatable bonds is 2. The van der Waals surface area contributed by atoms with Gasteiger partial charge in [-0.3, -0.25) is 0 Å². The number of nitrogens with one attached hydrogen (secondary N) is 1. The zero-order valence-electron chi connectivity index (χ0n) is 8.75. The monoisotopic (exact) mass is 260 g/mol. The van der Waals surface area contributed by atoms with E-state index in [-0.39, 0.29) is 0 Å². The molecule has 0 heterocycles. The summed E-state index contributed by atoms with van der Waals surface area (Å²) in [7, 11) is 1.26. The van der Waals surface area contributed by atoms with E-state index in [0.29, 0.717) is 21.3 Å². The summed E-state index contributed by atoms with van der Waals surface area (Å²) in [6, 6.07) is 5.01. The fraction of sp³-hybridized carbons (Fsp3) is 0.200. The van der Waals surface area contributed by atoms with Crippen molar-refractivity contribution < 1.29 is 9.53 Å². The van der Waals surface area contributed by atoms with E-state index in [1.165, 1.54) is 7.11 Å². The van der Waals surface area contributed by atoms with Gasteiger partial charge in [-0.15, -0.1) is 0 Å². The molecule has 1 rings (SSSR count). The Balaban J connectivity index is 2.91. The van der Waals surface area contributed by atoms with Crippen LogP contribution in [0.4, 0.5) is 4.79 Å². The van der Waals surface area contributed by atoms with E-state index in [2.05, 4.69) is 15.3 Å². The average Bonchev–Trinajstić information content (AvgIpc) is 2.28. The maximum Gasteiger partial charge on any atom is 0.427 e. The van der Waals surface area contributed by atoms with Crippen molar-refractivity contribution in [1.82, 2.24) is 5.43 Å². The van der Waals surface area contributed by atoms with Gasteiger partial charge < -0.3 is 4.74 Å². The van der Waals surface area contributed by atoms with Gasteiger partial charge in [0.2, 0.25) is 0 Å². The Morgan fingerprint density at radius 1 is 1.44 bits per heavy atom. The van der Waals surface area contributed by atoms with Gasteiger partial charge in [-0.25, -0.2) is 10.2 Å². The number of benzene rings is 1. The van der Waals surface area contributed by atoms with Crippen molar-refractivity contribution in [2.75, 3.05) is 7.11 Å². The maximum atomic E-state index is 10.8. The Morgan fingerprint density at radius 3 is 2.75 bits per heavy atom. The molecule has 0 aliphatic rings. The molecule has 0 bridgehead atoms. The number of hydrogen-bond acceptors (Lipinski definition) is 3. The summed E-state index contributed by atoms with van der Waals surface area (Å²) >= 11 is 11.8. The Bertz CT molecular complexity index is 433. The summed E-state index contributed by atoms with van der Waals surface area (Å²) in [5, 5.41) is 4.88. The molecule has 0 fully saturated rings. The molecule has 0 radical (unpaired) electrons. The zero-order chi connectivity index (χ0) is 12.1. The first-order chi connectivity index (χ1) is 7.54. The van der Waals surface area contributed by atoms with Gasteiger partial charge >= 0.3 is 6.09 Å². The highest BCUT2D eigenvalue weighted by molar-refractivity contribution is 6.36. The fourth-order valence-electron chi connectivity index (χ4n) is 1.01. The Kier molecular flexibility index (Phi) is 4.58. The highest BCUT2D eigenvalue weighted by Crippen LogP contribution is 2.21. The lowest BCUT2D eigenvalue weighted by atomic mass is 10.1. The molecule has 1 aromatic carbocycles. The van der Waals surface area contributed by atoms with Gasteiger partial charge in [0.15, 0.2) is 0 Å². The van der Waals surface area contributed by atoms with Crippen LogP contribution in [0.1, 0.15) is 12.5 Å². The zero-order valence-corrected chi connectivity index (χ0v) is 10.3. The van der Waals surface area contributed by atoms with E-state index in [0.717, 1.165) is 0 Å². The number of halogens is 2. The SMILES string of the molecule is COC(=O)NN=C(C)c1cc(Cl)ccc1Cl. The molecular formula is C10H10Cl2N2O2. The molecule has 1 N–H and O–H groups in total. The van der Waals surface area contributed by atoms with Crippen LogP contribution in [0.3, 0.4) is 0 Å². The highest BCUT2D eigenvalue weighted by Gasteiger charge is 2.05. The van der Waals surface area contributed by atoms with Crippen molar-refractivity contribution in [2.24, 2.45) is 5.10 Å². The lowest BCUT2D eigenvalue weighted by molar-refractivity contribution is 0.171. The third-order valence-corrected chi connectivity index (χ3v) is 2.38. The van der Waals surface area contributed by atoms with E-state index in [1.54, 1.807) is 25.1 Å². The number of methoxy groups -OCH3 is 1. The smallest absolute Gasteiger partial charge is 0.427 e. The first kappa shape index (κ1) is 12.8. The maximum absolute atomic E-state index is 10.8. The van der Waals surface area contributed by atoms with E-state index < -0.39 is 6.09 Å². The summed E-state index contributed by atoms with van der Waals surface area (Å²) in [6.45, 7) is 1.70. The van der Waals surface area contributed by atoms with Crippen LogP contribution in [0.5, 0.6) is 0 Å². The lowest BCUT2D eigenvalue weighted by Gasteiger charge is -2.04. The summed E-state index contributed by atoms with van der Waals surface area (Å²) in [5.74, 6) is 0. The van der Waals surface area contributed by atoms with Gasteiger partial charge in [-0.2, -0.15) is 5.10 Å². The molecule has 4 nitrogen and oxygen atoms in total. The molecule has 0 aliphatic heterocycles. The number of carbonyl (C=O) groups excluding carboxylic acids is 1. The topological polar surface area (TPSA) is 50.7 Å². The molecule has 86 valence electrons. The number of nitrogens with zero attached hydrogens (tertiary/aromatic N) is 1. The van der Waals surface area contributed by atoms with Crippen LogP contribution in [0.25, 0.3) is 0 Å². The third-order valence-electron chi connectivity index (χ3n) is 1.82. The Labute approximate surface area is 103 Å². The number of carbonyl (C=O) groups is 1. The third kappa shape index (κ3) is 3.40. The predicted octanol–water partition coefficient (Wildman–Crippen LogP) is 3.07. The molecule has 0 aliphatic carbocycles. The molecule has 0 unspecified atom stereocenters. The number of hydrazone groups is 1. The van der Waals surface area contributed by atoms with Crippen molar-refractivity contribution in [3.63, 3.8) is 0 Å². The van der Waals surface area contributed by atoms with Crippen LogP contribution < -0.4 is 5.43 Å². The molecule has 6 heteroatoms. The Morgan fingerprint density at radius 2 is 2.12 bits per heavy atom. The predicted molar refractivity (Wildman–Crippen MR) is 64.2 cm³/mol. The molecular weight excluding hydrogens is 251 g/mol.